The first-order valence-electron chi connectivity index (χ1n) is 14.8. The van der Waals surface area contributed by atoms with E-state index in [9.17, 15) is 37.1 Å². The van der Waals surface area contributed by atoms with Crippen LogP contribution in [0.3, 0.4) is 0 Å². The van der Waals surface area contributed by atoms with Gasteiger partial charge < -0.3 is 42.5 Å². The second kappa shape index (κ2) is 16.1. The van der Waals surface area contributed by atoms with Crippen molar-refractivity contribution in [2.24, 2.45) is 22.2 Å². The van der Waals surface area contributed by atoms with Crippen molar-refractivity contribution in [3.8, 4) is 0 Å². The van der Waals surface area contributed by atoms with E-state index in [4.69, 9.17) is 21.6 Å². The number of alkyl halides is 3. The predicted molar refractivity (Wildman–Crippen MR) is 163 cm³/mol. The Balaban J connectivity index is 1.81. The topological polar surface area (TPSA) is 228 Å². The Labute approximate surface area is 262 Å². The molecule has 1 aromatic heterocycles. The van der Waals surface area contributed by atoms with Gasteiger partial charge in [-0.1, -0.05) is 0 Å². The number of fused-ring (bicyclic) bond motifs is 1. The van der Waals surface area contributed by atoms with Crippen LogP contribution in [0.15, 0.2) is 38.5 Å². The van der Waals surface area contributed by atoms with Gasteiger partial charge in [-0.05, 0) is 63.6 Å². The van der Waals surface area contributed by atoms with Gasteiger partial charge in [-0.2, -0.15) is 13.2 Å². The molecule has 3 unspecified atom stereocenters. The van der Waals surface area contributed by atoms with Crippen LogP contribution in [0.2, 0.25) is 0 Å². The fraction of sp³-hybridized carbons (Fsp3) is 0.517. The normalized spacial score (nSPS) is 16.0. The average molecular weight is 653 g/mol. The van der Waals surface area contributed by atoms with Crippen molar-refractivity contribution < 1.29 is 36.8 Å². The summed E-state index contributed by atoms with van der Waals surface area (Å²) < 4.78 is 45.3. The van der Waals surface area contributed by atoms with Crippen molar-refractivity contribution in [3.05, 3.63) is 40.2 Å². The van der Waals surface area contributed by atoms with Gasteiger partial charge in [0, 0.05) is 43.2 Å². The maximum Gasteiger partial charge on any atom is 0.417 e. The number of carbonyl (C=O) groups is 4. The van der Waals surface area contributed by atoms with Gasteiger partial charge in [-0.15, -0.1) is 0 Å². The molecule has 252 valence electrons. The van der Waals surface area contributed by atoms with Gasteiger partial charge in [-0.25, -0.2) is 4.79 Å². The zero-order chi connectivity index (χ0) is 34.0. The summed E-state index contributed by atoms with van der Waals surface area (Å²) in [6.07, 6.45) is -2.08. The van der Waals surface area contributed by atoms with Gasteiger partial charge in [0.1, 0.15) is 23.7 Å². The summed E-state index contributed by atoms with van der Waals surface area (Å²) in [7, 11) is 0. The van der Waals surface area contributed by atoms with Crippen LogP contribution in [0.25, 0.3) is 11.0 Å². The smallest absolute Gasteiger partial charge is 0.417 e. The van der Waals surface area contributed by atoms with Crippen molar-refractivity contribution >= 4 is 46.2 Å². The van der Waals surface area contributed by atoms with E-state index in [2.05, 4.69) is 20.9 Å². The third-order valence-corrected chi connectivity index (χ3v) is 7.36. The number of hydrogen-bond donors (Lipinski definition) is 6. The van der Waals surface area contributed by atoms with Gasteiger partial charge in [0.05, 0.1) is 5.56 Å². The zero-order valence-corrected chi connectivity index (χ0v) is 25.3. The minimum atomic E-state index is -4.81. The van der Waals surface area contributed by atoms with Crippen LogP contribution in [0, 0.1) is 0 Å². The molecule has 1 aliphatic rings. The number of amides is 4. The largest absolute Gasteiger partial charge is 0.423 e. The van der Waals surface area contributed by atoms with Gasteiger partial charge in [0.25, 0.3) is 0 Å². The van der Waals surface area contributed by atoms with Crippen LogP contribution in [-0.2, 0) is 25.4 Å². The van der Waals surface area contributed by atoms with Crippen molar-refractivity contribution in [2.45, 2.75) is 76.2 Å². The lowest BCUT2D eigenvalue weighted by atomic mass is 10.1. The van der Waals surface area contributed by atoms with Crippen LogP contribution in [0.5, 0.6) is 0 Å². The summed E-state index contributed by atoms with van der Waals surface area (Å²) in [4.78, 5) is 69.1. The molecule has 46 heavy (non-hydrogen) atoms. The highest BCUT2D eigenvalue weighted by molar-refractivity contribution is 6.00. The molecule has 1 fully saturated rings. The molecule has 4 amide bonds. The Kier molecular flexibility index (Phi) is 12.5. The van der Waals surface area contributed by atoms with Crippen molar-refractivity contribution in [1.29, 1.82) is 0 Å². The lowest BCUT2D eigenvalue weighted by Crippen LogP contribution is -2.55. The van der Waals surface area contributed by atoms with E-state index < -0.39 is 64.7 Å². The molecule has 2 heterocycles. The van der Waals surface area contributed by atoms with E-state index in [1.807, 2.05) is 0 Å². The molecule has 3 rings (SSSR count). The lowest BCUT2D eigenvalue weighted by molar-refractivity contribution is -0.142. The number of nitrogens with two attached hydrogens (primary N) is 3. The molecule has 0 spiro atoms. The van der Waals surface area contributed by atoms with Gasteiger partial charge in [0.15, 0.2) is 5.96 Å². The molecular formula is C29H39F3N8O6. The first-order chi connectivity index (χ1) is 21.7. The number of unbranched alkanes of at least 4 members (excludes halogenated alkanes) is 1. The molecule has 14 nitrogen and oxygen atoms in total. The number of rotatable bonds is 14. The molecule has 3 atom stereocenters. The van der Waals surface area contributed by atoms with E-state index in [1.165, 1.54) is 17.9 Å². The Bertz CT molecular complexity index is 1510. The number of likely N-dealkylation sites (tertiary alicyclic amines) is 1. The van der Waals surface area contributed by atoms with Crippen LogP contribution in [0.4, 0.5) is 18.9 Å². The number of nitrogens with one attached hydrogen (secondary N) is 3. The van der Waals surface area contributed by atoms with E-state index in [0.717, 1.165) is 12.1 Å². The number of halogens is 3. The Morgan fingerprint density at radius 3 is 2.43 bits per heavy atom. The second-order valence-electron chi connectivity index (χ2n) is 10.9. The first kappa shape index (κ1) is 35.8. The van der Waals surface area contributed by atoms with Crippen LogP contribution in [-0.4, -0.2) is 72.2 Å². The summed E-state index contributed by atoms with van der Waals surface area (Å²) in [5, 5.41) is 7.48. The highest BCUT2D eigenvalue weighted by atomic mass is 19.4. The standard InChI is InChI=1S/C29H39F3N8O6/c1-16(41)37-21(6-2-3-11-33)27(45)40-13-5-8-22(40)26(44)39-20(7-4-12-36-28(34)35)25(43)38-17-9-10-18-19(29(30,31)32)15-24(42)46-23(18)14-17/h9-10,14-15,20-22H,2-8,11-13,33H2,1H3,(H,37,41)(H,38,43)(H,39,44)(H4,34,35,36). The molecule has 9 N–H and O–H groups in total. The molecule has 0 saturated carbocycles. The Morgan fingerprint density at radius 2 is 1.78 bits per heavy atom. The van der Waals surface area contributed by atoms with Crippen molar-refractivity contribution in [1.82, 2.24) is 15.5 Å². The maximum absolute atomic E-state index is 13.5. The number of hydrogen-bond acceptors (Lipinski definition) is 8. The Morgan fingerprint density at radius 1 is 1.07 bits per heavy atom. The summed E-state index contributed by atoms with van der Waals surface area (Å²) in [6.45, 7) is 2.12. The fourth-order valence-corrected chi connectivity index (χ4v) is 5.24. The molecule has 17 heteroatoms. The van der Waals surface area contributed by atoms with E-state index >= 15 is 0 Å². The van der Waals surface area contributed by atoms with Gasteiger partial charge >= 0.3 is 11.8 Å². The summed E-state index contributed by atoms with van der Waals surface area (Å²) in [6, 6.07) is 0.760. The minimum Gasteiger partial charge on any atom is -0.423 e. The third kappa shape index (κ3) is 9.92. The molecule has 1 aromatic carbocycles. The SMILES string of the molecule is CC(=O)NC(CCCCN)C(=O)N1CCCC1C(=O)NC(CCCN=C(N)N)C(=O)Nc1ccc2c(C(F)(F)F)cc(=O)oc2c1. The number of carbonyl (C=O) groups excluding carboxylic acids is 4. The molecule has 0 aliphatic carbocycles. The Hall–Kier alpha value is -4.67. The van der Waals surface area contributed by atoms with Gasteiger partial charge in [0.2, 0.25) is 23.6 Å². The molecule has 0 radical (unpaired) electrons. The molecule has 0 bridgehead atoms. The third-order valence-electron chi connectivity index (χ3n) is 7.36. The van der Waals surface area contributed by atoms with E-state index in [-0.39, 0.29) is 43.0 Å². The minimum absolute atomic E-state index is 0.0109. The highest BCUT2D eigenvalue weighted by Crippen LogP contribution is 2.34. The fourth-order valence-electron chi connectivity index (χ4n) is 5.24. The first-order valence-corrected chi connectivity index (χ1v) is 14.8. The monoisotopic (exact) mass is 652 g/mol. The van der Waals surface area contributed by atoms with Crippen LogP contribution < -0.4 is 38.8 Å². The maximum atomic E-state index is 13.5. The van der Waals surface area contributed by atoms with E-state index in [1.54, 1.807) is 0 Å². The van der Waals surface area contributed by atoms with Crippen LogP contribution in [0.1, 0.15) is 57.4 Å². The van der Waals surface area contributed by atoms with Crippen LogP contribution >= 0.6 is 0 Å². The quantitative estimate of drug-likeness (QED) is 0.0737. The highest BCUT2D eigenvalue weighted by Gasteiger charge is 2.38. The van der Waals surface area contributed by atoms with E-state index in [0.29, 0.717) is 44.7 Å². The predicted octanol–water partition coefficient (Wildman–Crippen LogP) is 0.913. The number of nitrogens with zero attached hydrogens (tertiary/aromatic N) is 2. The summed E-state index contributed by atoms with van der Waals surface area (Å²) >= 11 is 0. The summed E-state index contributed by atoms with van der Waals surface area (Å²) in [5.41, 5.74) is 13.5. The number of guanidine groups is 1. The number of anilines is 1. The number of aliphatic imine (C=N–C) groups is 1. The zero-order valence-electron chi connectivity index (χ0n) is 25.3. The average Bonchev–Trinajstić information content (AvgIpc) is 3.46. The van der Waals surface area contributed by atoms with Crippen molar-refractivity contribution in [3.63, 3.8) is 0 Å². The van der Waals surface area contributed by atoms with Crippen molar-refractivity contribution in [2.75, 3.05) is 25.0 Å². The summed E-state index contributed by atoms with van der Waals surface area (Å²) in [5.74, 6) is -2.31. The van der Waals surface area contributed by atoms with Gasteiger partial charge in [-0.3, -0.25) is 24.2 Å². The molecular weight excluding hydrogens is 613 g/mol. The molecule has 2 aromatic rings. The molecule has 1 aliphatic heterocycles. The number of benzene rings is 1. The second-order valence-corrected chi connectivity index (χ2v) is 10.9. The lowest BCUT2D eigenvalue weighted by Gasteiger charge is -2.29. The molecule has 1 saturated heterocycles.